The van der Waals surface area contributed by atoms with Crippen LogP contribution in [0, 0.1) is 10.1 Å². The van der Waals surface area contributed by atoms with Gasteiger partial charge in [0.1, 0.15) is 18.5 Å². The van der Waals surface area contributed by atoms with Crippen LogP contribution >= 0.6 is 0 Å². The molecule has 0 radical (unpaired) electrons. The van der Waals surface area contributed by atoms with Crippen LogP contribution < -0.4 is 0 Å². The van der Waals surface area contributed by atoms with Crippen LogP contribution in [-0.2, 0) is 22.1 Å². The first-order chi connectivity index (χ1) is 9.95. The number of nitrogens with zero attached hydrogens (tertiary/aromatic N) is 4. The second-order valence-electron chi connectivity index (χ2n) is 4.11. The van der Waals surface area contributed by atoms with Gasteiger partial charge in [0.15, 0.2) is 9.84 Å². The van der Waals surface area contributed by atoms with Crippen LogP contribution in [0.1, 0.15) is 5.82 Å². The number of hydrogen-bond acceptors (Lipinski definition) is 7. The molecule has 2 aromatic heterocycles. The van der Waals surface area contributed by atoms with Crippen molar-refractivity contribution in [2.24, 2.45) is 0 Å². The number of aromatic nitrogens is 3. The van der Waals surface area contributed by atoms with Crippen molar-refractivity contribution in [2.45, 2.75) is 17.2 Å². The first-order valence-electron chi connectivity index (χ1n) is 5.88. The van der Waals surface area contributed by atoms with Crippen molar-refractivity contribution in [1.82, 2.24) is 14.5 Å². The zero-order chi connectivity index (χ0) is 15.5. The molecule has 2 aromatic rings. The lowest BCUT2D eigenvalue weighted by atomic mass is 10.5. The SMILES string of the molecule is O=[N+]([O-])c1cnc(CS(=O)(=O)c2cccnc2)n1CCO. The van der Waals surface area contributed by atoms with Gasteiger partial charge >= 0.3 is 5.82 Å². The molecule has 0 bridgehead atoms. The quantitative estimate of drug-likeness (QED) is 0.594. The third-order valence-corrected chi connectivity index (χ3v) is 4.34. The number of nitro groups is 1. The van der Waals surface area contributed by atoms with Gasteiger partial charge in [-0.2, -0.15) is 0 Å². The van der Waals surface area contributed by atoms with E-state index in [4.69, 9.17) is 5.11 Å². The number of rotatable bonds is 6. The van der Waals surface area contributed by atoms with E-state index < -0.39 is 20.5 Å². The second kappa shape index (κ2) is 5.97. The summed E-state index contributed by atoms with van der Waals surface area (Å²) in [5.41, 5.74) is 0. The maximum absolute atomic E-state index is 12.2. The minimum absolute atomic E-state index is 0.000368. The van der Waals surface area contributed by atoms with Crippen molar-refractivity contribution in [3.63, 3.8) is 0 Å². The van der Waals surface area contributed by atoms with Gasteiger partial charge in [0.05, 0.1) is 11.5 Å². The average molecular weight is 312 g/mol. The summed E-state index contributed by atoms with van der Waals surface area (Å²) in [7, 11) is -3.72. The Kier molecular flexibility index (Phi) is 4.29. The Morgan fingerprint density at radius 2 is 2.14 bits per heavy atom. The fourth-order valence-corrected chi connectivity index (χ4v) is 3.04. The van der Waals surface area contributed by atoms with Gasteiger partial charge in [0, 0.05) is 12.4 Å². The molecule has 0 unspecified atom stereocenters. The molecule has 21 heavy (non-hydrogen) atoms. The van der Waals surface area contributed by atoms with Crippen molar-refractivity contribution in [3.8, 4) is 0 Å². The number of pyridine rings is 1. The van der Waals surface area contributed by atoms with Crippen molar-refractivity contribution < 1.29 is 18.4 Å². The van der Waals surface area contributed by atoms with Crippen molar-refractivity contribution in [1.29, 1.82) is 0 Å². The van der Waals surface area contributed by atoms with Crippen LogP contribution in [0.15, 0.2) is 35.6 Å². The van der Waals surface area contributed by atoms with E-state index in [2.05, 4.69) is 9.97 Å². The topological polar surface area (TPSA) is 128 Å². The maximum atomic E-state index is 12.2. The molecule has 2 rings (SSSR count). The molecule has 0 atom stereocenters. The van der Waals surface area contributed by atoms with E-state index in [-0.39, 0.29) is 29.7 Å². The van der Waals surface area contributed by atoms with Crippen LogP contribution in [0.3, 0.4) is 0 Å². The molecule has 0 aromatic carbocycles. The van der Waals surface area contributed by atoms with Crippen LogP contribution in [0.2, 0.25) is 0 Å². The molecule has 0 spiro atoms. The van der Waals surface area contributed by atoms with Gasteiger partial charge in [0.2, 0.25) is 5.82 Å². The predicted octanol–water partition coefficient (Wildman–Crippen LogP) is 0.152. The third kappa shape index (κ3) is 3.23. The Morgan fingerprint density at radius 3 is 2.71 bits per heavy atom. The number of imidazole rings is 1. The first kappa shape index (κ1) is 15.1. The van der Waals surface area contributed by atoms with Crippen molar-refractivity contribution >= 4 is 15.7 Å². The zero-order valence-corrected chi connectivity index (χ0v) is 11.6. The molecule has 0 saturated carbocycles. The Hall–Kier alpha value is -2.33. The van der Waals surface area contributed by atoms with E-state index in [1.165, 1.54) is 24.5 Å². The standard InChI is InChI=1S/C11H12N4O5S/c16-5-4-14-10(13-7-11(14)15(17)18)8-21(19,20)9-2-1-3-12-6-9/h1-3,6-7,16H,4-5,8H2. The summed E-state index contributed by atoms with van der Waals surface area (Å²) in [5, 5.41) is 19.8. The summed E-state index contributed by atoms with van der Waals surface area (Å²) >= 11 is 0. The molecule has 0 saturated heterocycles. The molecular weight excluding hydrogens is 300 g/mol. The predicted molar refractivity (Wildman–Crippen MR) is 71.1 cm³/mol. The zero-order valence-electron chi connectivity index (χ0n) is 10.8. The smallest absolute Gasteiger partial charge is 0.342 e. The van der Waals surface area contributed by atoms with Gasteiger partial charge in [-0.05, 0) is 17.1 Å². The average Bonchev–Trinajstić information content (AvgIpc) is 2.83. The van der Waals surface area contributed by atoms with E-state index in [1.54, 1.807) is 0 Å². The molecule has 112 valence electrons. The highest BCUT2D eigenvalue weighted by atomic mass is 32.2. The molecule has 2 heterocycles. The summed E-state index contributed by atoms with van der Waals surface area (Å²) < 4.78 is 25.5. The molecule has 0 aliphatic carbocycles. The van der Waals surface area contributed by atoms with Gasteiger partial charge in [-0.25, -0.2) is 18.0 Å². The number of sulfone groups is 1. The molecule has 0 aliphatic rings. The van der Waals surface area contributed by atoms with Gasteiger partial charge in [-0.15, -0.1) is 0 Å². The number of hydrogen-bond donors (Lipinski definition) is 1. The van der Waals surface area contributed by atoms with Crippen molar-refractivity contribution in [3.05, 3.63) is 46.7 Å². The molecule has 0 fully saturated rings. The molecule has 0 aliphatic heterocycles. The molecular formula is C11H12N4O5S. The van der Waals surface area contributed by atoms with Gasteiger partial charge < -0.3 is 15.2 Å². The fraction of sp³-hybridized carbons (Fsp3) is 0.273. The molecule has 0 amide bonds. The van der Waals surface area contributed by atoms with Gasteiger partial charge in [0.25, 0.3) is 0 Å². The van der Waals surface area contributed by atoms with E-state index in [9.17, 15) is 18.5 Å². The van der Waals surface area contributed by atoms with Crippen LogP contribution in [0.4, 0.5) is 5.82 Å². The Labute approximate surface area is 120 Å². The lowest BCUT2D eigenvalue weighted by molar-refractivity contribution is -0.392. The number of aliphatic hydroxyl groups is 1. The highest BCUT2D eigenvalue weighted by molar-refractivity contribution is 7.90. The van der Waals surface area contributed by atoms with Crippen LogP contribution in [0.25, 0.3) is 0 Å². The monoisotopic (exact) mass is 312 g/mol. The minimum atomic E-state index is -3.72. The summed E-state index contributed by atoms with van der Waals surface area (Å²) in [6.07, 6.45) is 3.61. The fourth-order valence-electron chi connectivity index (χ4n) is 1.79. The van der Waals surface area contributed by atoms with Crippen molar-refractivity contribution in [2.75, 3.05) is 6.61 Å². The molecule has 1 N–H and O–H groups in total. The Bertz CT molecular complexity index is 741. The second-order valence-corrected chi connectivity index (χ2v) is 6.10. The lowest BCUT2D eigenvalue weighted by Crippen LogP contribution is -2.14. The highest BCUT2D eigenvalue weighted by Crippen LogP contribution is 2.19. The summed E-state index contributed by atoms with van der Waals surface area (Å²) in [6.45, 7) is -0.467. The van der Waals surface area contributed by atoms with Crippen LogP contribution in [0.5, 0.6) is 0 Å². The maximum Gasteiger partial charge on any atom is 0.342 e. The summed E-state index contributed by atoms with van der Waals surface area (Å²) in [5.74, 6) is -0.868. The molecule has 10 heteroatoms. The largest absolute Gasteiger partial charge is 0.392 e. The Balaban J connectivity index is 2.38. The highest BCUT2D eigenvalue weighted by Gasteiger charge is 2.25. The Morgan fingerprint density at radius 1 is 1.38 bits per heavy atom. The third-order valence-electron chi connectivity index (χ3n) is 2.74. The molecule has 9 nitrogen and oxygen atoms in total. The lowest BCUT2D eigenvalue weighted by Gasteiger charge is -2.04. The number of aliphatic hydroxyl groups excluding tert-OH is 1. The summed E-state index contributed by atoms with van der Waals surface area (Å²) in [4.78, 5) is 17.7. The first-order valence-corrected chi connectivity index (χ1v) is 7.53. The van der Waals surface area contributed by atoms with E-state index in [0.717, 1.165) is 10.8 Å². The summed E-state index contributed by atoms with van der Waals surface area (Å²) in [6, 6.07) is 2.87. The van der Waals surface area contributed by atoms with Gasteiger partial charge in [-0.1, -0.05) is 0 Å². The normalized spacial score (nSPS) is 11.5. The van der Waals surface area contributed by atoms with E-state index in [0.29, 0.717) is 0 Å². The minimum Gasteiger partial charge on any atom is -0.392 e. The van der Waals surface area contributed by atoms with Crippen LogP contribution in [-0.4, -0.2) is 39.6 Å². The van der Waals surface area contributed by atoms with E-state index in [1.807, 2.05) is 0 Å². The van der Waals surface area contributed by atoms with Gasteiger partial charge in [-0.3, -0.25) is 4.98 Å². The van der Waals surface area contributed by atoms with E-state index >= 15 is 0 Å².